The summed E-state index contributed by atoms with van der Waals surface area (Å²) in [7, 11) is 3.95. The zero-order valence-electron chi connectivity index (χ0n) is 12.7. The van der Waals surface area contributed by atoms with Crippen molar-refractivity contribution in [2.24, 2.45) is 0 Å². The van der Waals surface area contributed by atoms with E-state index < -0.39 is 0 Å². The highest BCUT2D eigenvalue weighted by Crippen LogP contribution is 2.22. The van der Waals surface area contributed by atoms with Crippen LogP contribution in [0.2, 0.25) is 0 Å². The first-order chi connectivity index (χ1) is 10.6. The molecule has 0 unspecified atom stereocenters. The zero-order chi connectivity index (χ0) is 15.5. The molecule has 0 spiro atoms. The summed E-state index contributed by atoms with van der Waals surface area (Å²) in [6.07, 6.45) is 5.41. The average Bonchev–Trinajstić information content (AvgIpc) is 3.32. The van der Waals surface area contributed by atoms with E-state index in [9.17, 15) is 4.79 Å². The summed E-state index contributed by atoms with van der Waals surface area (Å²) in [6, 6.07) is 8.15. The van der Waals surface area contributed by atoms with Crippen LogP contribution in [0.4, 0.5) is 17.3 Å². The second-order valence-electron chi connectivity index (χ2n) is 5.61. The van der Waals surface area contributed by atoms with Crippen LogP contribution in [-0.2, 0) is 0 Å². The molecular formula is C16H19N5O. The first-order valence-corrected chi connectivity index (χ1v) is 7.29. The Balaban J connectivity index is 1.62. The van der Waals surface area contributed by atoms with Gasteiger partial charge in [0.25, 0.3) is 5.91 Å². The third-order valence-corrected chi connectivity index (χ3v) is 3.47. The van der Waals surface area contributed by atoms with E-state index in [0.29, 0.717) is 17.6 Å². The molecule has 114 valence electrons. The van der Waals surface area contributed by atoms with Gasteiger partial charge in [0, 0.05) is 43.9 Å². The van der Waals surface area contributed by atoms with Gasteiger partial charge < -0.3 is 15.5 Å². The zero-order valence-corrected chi connectivity index (χ0v) is 12.7. The molecule has 0 bridgehead atoms. The van der Waals surface area contributed by atoms with E-state index in [2.05, 4.69) is 20.6 Å². The van der Waals surface area contributed by atoms with E-state index in [1.54, 1.807) is 12.4 Å². The number of benzene rings is 1. The van der Waals surface area contributed by atoms with Crippen molar-refractivity contribution in [3.63, 3.8) is 0 Å². The van der Waals surface area contributed by atoms with Crippen LogP contribution in [0.25, 0.3) is 0 Å². The summed E-state index contributed by atoms with van der Waals surface area (Å²) in [5, 5.41) is 6.03. The van der Waals surface area contributed by atoms with Gasteiger partial charge in [-0.3, -0.25) is 4.79 Å². The van der Waals surface area contributed by atoms with Crippen LogP contribution < -0.4 is 15.5 Å². The number of carbonyl (C=O) groups is 1. The Hall–Kier alpha value is -2.63. The van der Waals surface area contributed by atoms with Crippen LogP contribution >= 0.6 is 0 Å². The van der Waals surface area contributed by atoms with E-state index in [1.807, 2.05) is 43.3 Å². The summed E-state index contributed by atoms with van der Waals surface area (Å²) in [4.78, 5) is 22.5. The number of aromatic nitrogens is 2. The Bertz CT molecular complexity index is 647. The van der Waals surface area contributed by atoms with Crippen molar-refractivity contribution in [3.05, 3.63) is 42.2 Å². The molecule has 0 radical (unpaired) electrons. The third-order valence-electron chi connectivity index (χ3n) is 3.47. The highest BCUT2D eigenvalue weighted by molar-refractivity contribution is 6.03. The van der Waals surface area contributed by atoms with Crippen molar-refractivity contribution < 1.29 is 4.79 Å². The topological polar surface area (TPSA) is 70.2 Å². The molecule has 3 rings (SSSR count). The minimum Gasteiger partial charge on any atom is -0.378 e. The van der Waals surface area contributed by atoms with Crippen molar-refractivity contribution in [1.29, 1.82) is 0 Å². The lowest BCUT2D eigenvalue weighted by Crippen LogP contribution is -2.14. The predicted molar refractivity (Wildman–Crippen MR) is 87.4 cm³/mol. The molecule has 1 heterocycles. The molecule has 0 aliphatic heterocycles. The Labute approximate surface area is 129 Å². The van der Waals surface area contributed by atoms with Gasteiger partial charge in [-0.1, -0.05) is 0 Å². The first kappa shape index (κ1) is 14.3. The molecular weight excluding hydrogens is 278 g/mol. The molecule has 1 fully saturated rings. The van der Waals surface area contributed by atoms with Crippen LogP contribution in [-0.4, -0.2) is 36.0 Å². The number of anilines is 3. The van der Waals surface area contributed by atoms with Gasteiger partial charge in [0.05, 0.1) is 5.56 Å². The molecule has 2 aromatic rings. The fraction of sp³-hybridized carbons (Fsp3) is 0.312. The van der Waals surface area contributed by atoms with Crippen molar-refractivity contribution in [2.75, 3.05) is 29.6 Å². The Kier molecular flexibility index (Phi) is 3.91. The van der Waals surface area contributed by atoms with Crippen molar-refractivity contribution in [1.82, 2.24) is 9.97 Å². The minimum atomic E-state index is -0.212. The summed E-state index contributed by atoms with van der Waals surface area (Å²) < 4.78 is 0. The number of hydrogen-bond donors (Lipinski definition) is 2. The lowest BCUT2D eigenvalue weighted by molar-refractivity contribution is 0.102. The molecule has 0 atom stereocenters. The SMILES string of the molecule is CN(C)c1ccc(NC(=O)c2cnc(NC3CC3)nc2)cc1. The maximum absolute atomic E-state index is 12.2. The number of hydrogen-bond acceptors (Lipinski definition) is 5. The molecule has 1 aliphatic carbocycles. The molecule has 2 N–H and O–H groups in total. The number of rotatable bonds is 5. The smallest absolute Gasteiger partial charge is 0.258 e. The number of nitrogens with zero attached hydrogens (tertiary/aromatic N) is 3. The summed E-state index contributed by atoms with van der Waals surface area (Å²) in [5.41, 5.74) is 2.27. The van der Waals surface area contributed by atoms with Gasteiger partial charge in [-0.15, -0.1) is 0 Å². The number of nitrogens with one attached hydrogen (secondary N) is 2. The normalized spacial score (nSPS) is 13.5. The molecule has 6 nitrogen and oxygen atoms in total. The van der Waals surface area contributed by atoms with Gasteiger partial charge in [0.1, 0.15) is 0 Å². The maximum atomic E-state index is 12.2. The Morgan fingerprint density at radius 3 is 2.32 bits per heavy atom. The van der Waals surface area contributed by atoms with Crippen molar-refractivity contribution in [2.45, 2.75) is 18.9 Å². The van der Waals surface area contributed by atoms with Crippen LogP contribution in [0.15, 0.2) is 36.7 Å². The van der Waals surface area contributed by atoms with Gasteiger partial charge in [-0.25, -0.2) is 9.97 Å². The molecule has 1 saturated carbocycles. The van der Waals surface area contributed by atoms with E-state index >= 15 is 0 Å². The van der Waals surface area contributed by atoms with Crippen LogP contribution in [0.5, 0.6) is 0 Å². The lowest BCUT2D eigenvalue weighted by Gasteiger charge is -2.13. The van der Waals surface area contributed by atoms with Gasteiger partial charge in [0.2, 0.25) is 5.95 Å². The summed E-state index contributed by atoms with van der Waals surface area (Å²) in [5.74, 6) is 0.366. The summed E-state index contributed by atoms with van der Waals surface area (Å²) >= 11 is 0. The van der Waals surface area contributed by atoms with E-state index in [1.165, 1.54) is 0 Å². The lowest BCUT2D eigenvalue weighted by atomic mass is 10.2. The largest absolute Gasteiger partial charge is 0.378 e. The summed E-state index contributed by atoms with van der Waals surface area (Å²) in [6.45, 7) is 0. The fourth-order valence-electron chi connectivity index (χ4n) is 1.98. The highest BCUT2D eigenvalue weighted by atomic mass is 16.1. The minimum absolute atomic E-state index is 0.212. The van der Waals surface area contributed by atoms with E-state index in [-0.39, 0.29) is 5.91 Å². The van der Waals surface area contributed by atoms with Gasteiger partial charge in [-0.2, -0.15) is 0 Å². The van der Waals surface area contributed by atoms with Crippen LogP contribution in [0, 0.1) is 0 Å². The van der Waals surface area contributed by atoms with Gasteiger partial charge >= 0.3 is 0 Å². The van der Waals surface area contributed by atoms with Gasteiger partial charge in [-0.05, 0) is 37.1 Å². The van der Waals surface area contributed by atoms with Gasteiger partial charge in [0.15, 0.2) is 0 Å². The quantitative estimate of drug-likeness (QED) is 0.886. The van der Waals surface area contributed by atoms with Crippen molar-refractivity contribution >= 4 is 23.2 Å². The molecule has 1 amide bonds. The molecule has 1 aromatic carbocycles. The van der Waals surface area contributed by atoms with Crippen LogP contribution in [0.3, 0.4) is 0 Å². The fourth-order valence-corrected chi connectivity index (χ4v) is 1.98. The molecule has 6 heteroatoms. The first-order valence-electron chi connectivity index (χ1n) is 7.29. The molecule has 22 heavy (non-hydrogen) atoms. The monoisotopic (exact) mass is 297 g/mol. The van der Waals surface area contributed by atoms with E-state index in [4.69, 9.17) is 0 Å². The van der Waals surface area contributed by atoms with Crippen LogP contribution in [0.1, 0.15) is 23.2 Å². The second kappa shape index (κ2) is 6.01. The number of amides is 1. The third kappa shape index (κ3) is 3.52. The highest BCUT2D eigenvalue weighted by Gasteiger charge is 2.21. The Morgan fingerprint density at radius 2 is 1.77 bits per heavy atom. The Morgan fingerprint density at radius 1 is 1.14 bits per heavy atom. The predicted octanol–water partition coefficient (Wildman–Crippen LogP) is 2.37. The number of carbonyl (C=O) groups excluding carboxylic acids is 1. The second-order valence-corrected chi connectivity index (χ2v) is 5.61. The molecule has 1 aliphatic rings. The maximum Gasteiger partial charge on any atom is 0.258 e. The molecule has 1 aromatic heterocycles. The van der Waals surface area contributed by atoms with E-state index in [0.717, 1.165) is 24.2 Å². The average molecular weight is 297 g/mol. The van der Waals surface area contributed by atoms with Crippen molar-refractivity contribution in [3.8, 4) is 0 Å². The molecule has 0 saturated heterocycles. The standard InChI is InChI=1S/C16H19N5O/c1-21(2)14-7-5-12(6-8-14)19-15(22)11-9-17-16(18-10-11)20-13-3-4-13/h5-10,13H,3-4H2,1-2H3,(H,19,22)(H,17,18,20).